The Morgan fingerprint density at radius 1 is 1.10 bits per heavy atom. The average Bonchev–Trinajstić information content (AvgIpc) is 2.98. The Bertz CT molecular complexity index is 801. The number of ether oxygens (including phenoxy) is 1. The summed E-state index contributed by atoms with van der Waals surface area (Å²) in [4.78, 5) is 31.1. The summed E-state index contributed by atoms with van der Waals surface area (Å²) in [6.07, 6.45) is 3.51. The Kier molecular flexibility index (Phi) is 5.90. The molecule has 7 nitrogen and oxygen atoms in total. The standard InChI is InChI=1S/C24H36N4O3/c1-23(2,3)18-9-11-24(12-10-18)21(29)28(22(30)25-24)17-26-13-15-27(16-14-26)19-5-7-20(31-4)8-6-19/h5-8,18H,9-17H2,1-4H3,(H,25,30)/p+1. The fourth-order valence-electron chi connectivity index (χ4n) is 5.39. The summed E-state index contributed by atoms with van der Waals surface area (Å²) in [6, 6.07) is 7.92. The second-order valence-electron chi connectivity index (χ2n) is 10.5. The second kappa shape index (κ2) is 8.34. The number of anilines is 1. The van der Waals surface area contributed by atoms with Crippen LogP contribution < -0.4 is 19.9 Å². The van der Waals surface area contributed by atoms with Crippen molar-refractivity contribution in [2.24, 2.45) is 11.3 Å². The van der Waals surface area contributed by atoms with Crippen LogP contribution in [-0.4, -0.2) is 62.3 Å². The third-order valence-corrected chi connectivity index (χ3v) is 7.60. The van der Waals surface area contributed by atoms with E-state index in [0.717, 1.165) is 57.6 Å². The molecule has 31 heavy (non-hydrogen) atoms. The lowest BCUT2D eigenvalue weighted by molar-refractivity contribution is -0.907. The number of piperazine rings is 1. The van der Waals surface area contributed by atoms with Crippen LogP contribution in [0.1, 0.15) is 46.5 Å². The van der Waals surface area contributed by atoms with E-state index in [1.165, 1.54) is 15.5 Å². The number of benzene rings is 1. The number of nitrogens with one attached hydrogen (secondary N) is 2. The highest BCUT2D eigenvalue weighted by Crippen LogP contribution is 2.43. The van der Waals surface area contributed by atoms with Crippen LogP contribution in [0.25, 0.3) is 0 Å². The molecule has 1 aliphatic carbocycles. The zero-order valence-electron chi connectivity index (χ0n) is 19.4. The van der Waals surface area contributed by atoms with Crippen LogP contribution in [0.4, 0.5) is 10.5 Å². The summed E-state index contributed by atoms with van der Waals surface area (Å²) in [5.74, 6) is 1.46. The Labute approximate surface area is 185 Å². The van der Waals surface area contributed by atoms with Crippen LogP contribution in [0.3, 0.4) is 0 Å². The van der Waals surface area contributed by atoms with Crippen LogP contribution in [0.5, 0.6) is 5.75 Å². The zero-order chi connectivity index (χ0) is 22.2. The SMILES string of the molecule is COc1ccc(N2CC[NH+](CN3C(=O)NC4(CCC(C(C)(C)C)CC4)C3=O)CC2)cc1. The zero-order valence-corrected chi connectivity index (χ0v) is 19.4. The van der Waals surface area contributed by atoms with Gasteiger partial charge in [-0.1, -0.05) is 20.8 Å². The molecular weight excluding hydrogens is 392 g/mol. The molecule has 0 atom stereocenters. The van der Waals surface area contributed by atoms with Crippen molar-refractivity contribution < 1.29 is 19.2 Å². The van der Waals surface area contributed by atoms with E-state index in [-0.39, 0.29) is 17.4 Å². The van der Waals surface area contributed by atoms with Crippen molar-refractivity contribution in [3.63, 3.8) is 0 Å². The minimum Gasteiger partial charge on any atom is -0.497 e. The molecule has 2 saturated heterocycles. The van der Waals surface area contributed by atoms with Crippen molar-refractivity contribution in [3.8, 4) is 5.75 Å². The van der Waals surface area contributed by atoms with E-state index in [9.17, 15) is 9.59 Å². The molecular formula is C24H37N4O3+. The number of carbonyl (C=O) groups is 2. The normalized spacial score (nSPS) is 27.7. The molecule has 3 amide bonds. The quantitative estimate of drug-likeness (QED) is 0.718. The van der Waals surface area contributed by atoms with E-state index < -0.39 is 5.54 Å². The summed E-state index contributed by atoms with van der Waals surface area (Å²) >= 11 is 0. The van der Waals surface area contributed by atoms with Crippen molar-refractivity contribution in [3.05, 3.63) is 24.3 Å². The van der Waals surface area contributed by atoms with Gasteiger partial charge in [0.25, 0.3) is 5.91 Å². The summed E-state index contributed by atoms with van der Waals surface area (Å²) in [5, 5.41) is 3.08. The Morgan fingerprint density at radius 3 is 2.26 bits per heavy atom. The number of urea groups is 1. The summed E-state index contributed by atoms with van der Waals surface area (Å²) < 4.78 is 5.24. The van der Waals surface area contributed by atoms with Crippen molar-refractivity contribution >= 4 is 17.6 Å². The maximum absolute atomic E-state index is 13.3. The van der Waals surface area contributed by atoms with Crippen LogP contribution in [0, 0.1) is 11.3 Å². The number of amides is 3. The molecule has 3 aliphatic rings. The predicted octanol–water partition coefficient (Wildman–Crippen LogP) is 1.88. The first-order chi connectivity index (χ1) is 14.7. The maximum atomic E-state index is 13.3. The van der Waals surface area contributed by atoms with Crippen LogP contribution in [-0.2, 0) is 4.79 Å². The van der Waals surface area contributed by atoms with Crippen LogP contribution >= 0.6 is 0 Å². The van der Waals surface area contributed by atoms with Gasteiger partial charge in [-0.25, -0.2) is 9.69 Å². The van der Waals surface area contributed by atoms with Crippen molar-refractivity contribution in [2.75, 3.05) is 44.9 Å². The van der Waals surface area contributed by atoms with Gasteiger partial charge >= 0.3 is 6.03 Å². The molecule has 0 aromatic heterocycles. The van der Waals surface area contributed by atoms with Gasteiger partial charge in [0.15, 0.2) is 6.67 Å². The monoisotopic (exact) mass is 429 g/mol. The highest BCUT2D eigenvalue weighted by atomic mass is 16.5. The molecule has 3 fully saturated rings. The minimum absolute atomic E-state index is 0.00468. The van der Waals surface area contributed by atoms with Gasteiger partial charge in [-0.05, 0) is 61.3 Å². The van der Waals surface area contributed by atoms with E-state index >= 15 is 0 Å². The molecule has 170 valence electrons. The lowest BCUT2D eigenvalue weighted by atomic mass is 9.67. The van der Waals surface area contributed by atoms with E-state index in [2.05, 4.69) is 43.1 Å². The van der Waals surface area contributed by atoms with E-state index in [1.807, 2.05) is 12.1 Å². The van der Waals surface area contributed by atoms with Gasteiger partial charge < -0.3 is 19.9 Å². The molecule has 1 spiro atoms. The van der Waals surface area contributed by atoms with Gasteiger partial charge in [0, 0.05) is 5.69 Å². The number of quaternary nitrogens is 1. The van der Waals surface area contributed by atoms with E-state index in [4.69, 9.17) is 4.74 Å². The van der Waals surface area contributed by atoms with Gasteiger partial charge in [-0.2, -0.15) is 0 Å². The van der Waals surface area contributed by atoms with Crippen molar-refractivity contribution in [1.29, 1.82) is 0 Å². The van der Waals surface area contributed by atoms with Gasteiger partial charge in [0.1, 0.15) is 11.3 Å². The third-order valence-electron chi connectivity index (χ3n) is 7.60. The molecule has 0 bridgehead atoms. The summed E-state index contributed by atoms with van der Waals surface area (Å²) in [5.41, 5.74) is 0.772. The molecule has 4 rings (SSSR count). The van der Waals surface area contributed by atoms with Gasteiger partial charge in [0.2, 0.25) is 0 Å². The average molecular weight is 430 g/mol. The first-order valence-electron chi connectivity index (χ1n) is 11.6. The summed E-state index contributed by atoms with van der Waals surface area (Å²) in [6.45, 7) is 10.9. The lowest BCUT2D eigenvalue weighted by Gasteiger charge is -2.40. The molecule has 7 heteroatoms. The first-order valence-corrected chi connectivity index (χ1v) is 11.6. The molecule has 1 saturated carbocycles. The number of hydrogen-bond donors (Lipinski definition) is 2. The van der Waals surface area contributed by atoms with E-state index in [0.29, 0.717) is 12.6 Å². The number of carbonyl (C=O) groups excluding carboxylic acids is 2. The second-order valence-corrected chi connectivity index (χ2v) is 10.5. The first kappa shape index (κ1) is 21.9. The Hall–Kier alpha value is -2.28. The largest absolute Gasteiger partial charge is 0.497 e. The van der Waals surface area contributed by atoms with Gasteiger partial charge in [-0.3, -0.25) is 4.79 Å². The van der Waals surface area contributed by atoms with Gasteiger partial charge in [-0.15, -0.1) is 0 Å². The molecule has 0 unspecified atom stereocenters. The fourth-order valence-corrected chi connectivity index (χ4v) is 5.39. The third kappa shape index (κ3) is 4.38. The predicted molar refractivity (Wildman–Crippen MR) is 120 cm³/mol. The van der Waals surface area contributed by atoms with Gasteiger partial charge in [0.05, 0.1) is 33.3 Å². The van der Waals surface area contributed by atoms with Crippen molar-refractivity contribution in [2.45, 2.75) is 52.0 Å². The highest BCUT2D eigenvalue weighted by molar-refractivity contribution is 6.06. The number of hydrogen-bond acceptors (Lipinski definition) is 4. The fraction of sp³-hybridized carbons (Fsp3) is 0.667. The minimum atomic E-state index is -0.664. The number of rotatable bonds is 4. The lowest BCUT2D eigenvalue weighted by Crippen LogP contribution is -3.16. The molecule has 2 aliphatic heterocycles. The number of nitrogens with zero attached hydrogens (tertiary/aromatic N) is 2. The molecule has 1 aromatic carbocycles. The number of imide groups is 1. The Morgan fingerprint density at radius 2 is 1.71 bits per heavy atom. The maximum Gasteiger partial charge on any atom is 0.329 e. The van der Waals surface area contributed by atoms with Crippen LogP contribution in [0.15, 0.2) is 24.3 Å². The van der Waals surface area contributed by atoms with Crippen molar-refractivity contribution in [1.82, 2.24) is 10.2 Å². The smallest absolute Gasteiger partial charge is 0.329 e. The molecule has 0 radical (unpaired) electrons. The number of methoxy groups -OCH3 is 1. The highest BCUT2D eigenvalue weighted by Gasteiger charge is 2.54. The van der Waals surface area contributed by atoms with E-state index in [1.54, 1.807) is 7.11 Å². The molecule has 1 aromatic rings. The summed E-state index contributed by atoms with van der Waals surface area (Å²) in [7, 11) is 1.67. The topological polar surface area (TPSA) is 66.3 Å². The Balaban J connectivity index is 1.32. The van der Waals surface area contributed by atoms with Crippen LogP contribution in [0.2, 0.25) is 0 Å². The molecule has 2 heterocycles. The molecule has 2 N–H and O–H groups in total.